The van der Waals surface area contributed by atoms with Gasteiger partial charge in [-0.15, -0.1) is 0 Å². The van der Waals surface area contributed by atoms with E-state index in [1.165, 1.54) is 19.2 Å². The van der Waals surface area contributed by atoms with Gasteiger partial charge >= 0.3 is 12.4 Å². The molecule has 0 radical (unpaired) electrons. The maximum absolute atomic E-state index is 13.1. The molecule has 2 fully saturated rings. The van der Waals surface area contributed by atoms with Gasteiger partial charge in [-0.25, -0.2) is 4.98 Å². The third-order valence-corrected chi connectivity index (χ3v) is 5.93. The predicted octanol–water partition coefficient (Wildman–Crippen LogP) is 5.68. The van der Waals surface area contributed by atoms with Gasteiger partial charge in [-0.05, 0) is 43.2 Å². The maximum atomic E-state index is 13.1. The molecule has 11 heteroatoms. The third-order valence-electron chi connectivity index (χ3n) is 5.93. The number of halogens is 6. The molecular weight excluding hydrogens is 454 g/mol. The van der Waals surface area contributed by atoms with Crippen LogP contribution in [0.4, 0.5) is 32.2 Å². The fourth-order valence-electron chi connectivity index (χ4n) is 4.50. The monoisotopic (exact) mass is 476 g/mol. The fourth-order valence-corrected chi connectivity index (χ4v) is 4.50. The molecule has 2 aromatic rings. The highest BCUT2D eigenvalue weighted by atomic mass is 19.4. The van der Waals surface area contributed by atoms with Crippen LogP contribution in [0.25, 0.3) is 0 Å². The number of fused-ring (bicyclic) bond motifs is 2. The van der Waals surface area contributed by atoms with E-state index in [0.29, 0.717) is 18.7 Å². The summed E-state index contributed by atoms with van der Waals surface area (Å²) in [6.45, 7) is -0.235. The number of hydrogen-bond donors (Lipinski definition) is 0. The molecule has 1 aromatic carbocycles. The highest BCUT2D eigenvalue weighted by Crippen LogP contribution is 2.42. The molecule has 4 rings (SSSR count). The molecule has 2 aliphatic heterocycles. The first-order valence-corrected chi connectivity index (χ1v) is 10.4. The second kappa shape index (κ2) is 8.92. The first-order valence-electron chi connectivity index (χ1n) is 10.4. The highest BCUT2D eigenvalue weighted by molar-refractivity contribution is 5.46. The first kappa shape index (κ1) is 23.5. The van der Waals surface area contributed by atoms with Crippen molar-refractivity contribution in [1.29, 1.82) is 0 Å². The number of piperidine rings is 1. The molecule has 3 atom stereocenters. The van der Waals surface area contributed by atoms with Crippen LogP contribution in [0.2, 0.25) is 0 Å². The van der Waals surface area contributed by atoms with E-state index < -0.39 is 23.5 Å². The molecule has 0 amide bonds. The van der Waals surface area contributed by atoms with E-state index in [1.807, 2.05) is 4.90 Å². The lowest BCUT2D eigenvalue weighted by Gasteiger charge is -2.39. The number of anilines is 1. The summed E-state index contributed by atoms with van der Waals surface area (Å²) >= 11 is 0. The molecule has 0 N–H and O–H groups in total. The molecule has 0 spiro atoms. The van der Waals surface area contributed by atoms with Crippen LogP contribution in [0, 0.1) is 0 Å². The van der Waals surface area contributed by atoms with Gasteiger partial charge in [0.2, 0.25) is 0 Å². The lowest BCUT2D eigenvalue weighted by molar-refractivity contribution is -0.138. The zero-order valence-corrected chi connectivity index (χ0v) is 17.6. The van der Waals surface area contributed by atoms with Crippen molar-refractivity contribution in [1.82, 2.24) is 4.98 Å². The van der Waals surface area contributed by atoms with E-state index in [4.69, 9.17) is 14.2 Å². The van der Waals surface area contributed by atoms with Gasteiger partial charge in [-0.2, -0.15) is 26.3 Å². The summed E-state index contributed by atoms with van der Waals surface area (Å²) in [6, 6.07) is 5.47. The Balaban J connectivity index is 1.48. The smallest absolute Gasteiger partial charge is 0.417 e. The van der Waals surface area contributed by atoms with Crippen LogP contribution >= 0.6 is 0 Å². The van der Waals surface area contributed by atoms with Gasteiger partial charge in [0.05, 0.1) is 11.1 Å². The summed E-state index contributed by atoms with van der Waals surface area (Å²) in [6.07, 6.45) is -5.65. The molecule has 2 saturated heterocycles. The Bertz CT molecular complexity index is 950. The van der Waals surface area contributed by atoms with Crippen molar-refractivity contribution in [3.8, 4) is 11.5 Å². The summed E-state index contributed by atoms with van der Waals surface area (Å²) in [5.41, 5.74) is -1.66. The largest absolute Gasteiger partial charge is 0.486 e. The molecule has 2 unspecified atom stereocenters. The van der Waals surface area contributed by atoms with Crippen molar-refractivity contribution in [2.45, 2.75) is 56.2 Å². The van der Waals surface area contributed by atoms with E-state index in [2.05, 4.69) is 4.98 Å². The van der Waals surface area contributed by atoms with Crippen LogP contribution in [0.3, 0.4) is 0 Å². The molecule has 2 aliphatic rings. The Morgan fingerprint density at radius 2 is 1.55 bits per heavy atom. The van der Waals surface area contributed by atoms with Crippen LogP contribution in [0.15, 0.2) is 36.5 Å². The van der Waals surface area contributed by atoms with Crippen LogP contribution in [-0.4, -0.2) is 37.1 Å². The molecule has 2 bridgehead atoms. The van der Waals surface area contributed by atoms with Crippen molar-refractivity contribution in [2.75, 3.05) is 18.8 Å². The Morgan fingerprint density at radius 1 is 0.909 bits per heavy atom. The van der Waals surface area contributed by atoms with Crippen LogP contribution < -0.4 is 14.4 Å². The Labute approximate surface area is 186 Å². The van der Waals surface area contributed by atoms with Crippen molar-refractivity contribution in [2.24, 2.45) is 0 Å². The molecule has 33 heavy (non-hydrogen) atoms. The molecular formula is C22H22F6N2O3. The van der Waals surface area contributed by atoms with Gasteiger partial charge < -0.3 is 19.1 Å². The third kappa shape index (κ3) is 5.13. The number of alkyl halides is 6. The second-order valence-electron chi connectivity index (χ2n) is 8.12. The normalized spacial score (nSPS) is 23.0. The SMILES string of the molecule is COCOc1cc(C(F)(F)F)ccc1OC1CC2CC[C@@H](C1)N2c1ccc(C(F)(F)F)cn1. The number of aromatic nitrogens is 1. The Hall–Kier alpha value is -2.69. The maximum Gasteiger partial charge on any atom is 0.417 e. The number of benzene rings is 1. The number of hydrogen-bond acceptors (Lipinski definition) is 5. The lowest BCUT2D eigenvalue weighted by atomic mass is 9.99. The zero-order valence-electron chi connectivity index (χ0n) is 17.6. The molecule has 3 heterocycles. The average Bonchev–Trinajstić information content (AvgIpc) is 3.02. The summed E-state index contributed by atoms with van der Waals surface area (Å²) in [5, 5.41) is 0. The quantitative estimate of drug-likeness (QED) is 0.397. The highest BCUT2D eigenvalue weighted by Gasteiger charge is 2.43. The van der Waals surface area contributed by atoms with E-state index in [0.717, 1.165) is 37.2 Å². The van der Waals surface area contributed by atoms with Crippen molar-refractivity contribution in [3.63, 3.8) is 0 Å². The predicted molar refractivity (Wildman–Crippen MR) is 106 cm³/mol. The summed E-state index contributed by atoms with van der Waals surface area (Å²) in [7, 11) is 1.36. The topological polar surface area (TPSA) is 43.8 Å². The zero-order chi connectivity index (χ0) is 23.8. The van der Waals surface area contributed by atoms with Gasteiger partial charge in [0.1, 0.15) is 11.9 Å². The second-order valence-corrected chi connectivity index (χ2v) is 8.12. The fraction of sp³-hybridized carbons (Fsp3) is 0.500. The van der Waals surface area contributed by atoms with Gasteiger partial charge in [-0.3, -0.25) is 0 Å². The average molecular weight is 476 g/mol. The van der Waals surface area contributed by atoms with Gasteiger partial charge in [0.25, 0.3) is 0 Å². The standard InChI is InChI=1S/C22H22F6N2O3/c1-31-12-32-19-8-13(21(23,24)25)2-6-18(19)33-17-9-15-4-5-16(10-17)30(15)20-7-3-14(11-29-20)22(26,27)28/h2-3,6-8,11,15-17H,4-5,9-10,12H2,1H3/t15-,16?,17?/m0/s1. The summed E-state index contributed by atoms with van der Waals surface area (Å²) in [5.74, 6) is 0.601. The van der Waals surface area contributed by atoms with E-state index in [9.17, 15) is 26.3 Å². The van der Waals surface area contributed by atoms with Crippen molar-refractivity contribution < 1.29 is 40.6 Å². The van der Waals surface area contributed by atoms with E-state index >= 15 is 0 Å². The first-order chi connectivity index (χ1) is 15.6. The number of methoxy groups -OCH3 is 1. The minimum absolute atomic E-state index is 0.00998. The Kier molecular flexibility index (Phi) is 6.35. The molecule has 5 nitrogen and oxygen atoms in total. The van der Waals surface area contributed by atoms with Crippen LogP contribution in [-0.2, 0) is 17.1 Å². The molecule has 1 aromatic heterocycles. The summed E-state index contributed by atoms with van der Waals surface area (Å²) in [4.78, 5) is 6.05. The van der Waals surface area contributed by atoms with Crippen LogP contribution in [0.5, 0.6) is 11.5 Å². The lowest BCUT2D eigenvalue weighted by Crippen LogP contribution is -2.46. The number of ether oxygens (including phenoxy) is 3. The molecule has 180 valence electrons. The summed E-state index contributed by atoms with van der Waals surface area (Å²) < 4.78 is 93.9. The van der Waals surface area contributed by atoms with Gasteiger partial charge in [-0.1, -0.05) is 0 Å². The van der Waals surface area contributed by atoms with Crippen molar-refractivity contribution >= 4 is 5.82 Å². The minimum atomic E-state index is -4.52. The molecule has 0 aliphatic carbocycles. The Morgan fingerprint density at radius 3 is 2.09 bits per heavy atom. The van der Waals surface area contributed by atoms with Crippen LogP contribution in [0.1, 0.15) is 36.8 Å². The minimum Gasteiger partial charge on any atom is -0.486 e. The van der Waals surface area contributed by atoms with Gasteiger partial charge in [0.15, 0.2) is 18.3 Å². The number of rotatable bonds is 6. The van der Waals surface area contributed by atoms with Gasteiger partial charge in [0, 0.05) is 38.2 Å². The van der Waals surface area contributed by atoms with Crippen molar-refractivity contribution in [3.05, 3.63) is 47.7 Å². The van der Waals surface area contributed by atoms with E-state index in [-0.39, 0.29) is 36.5 Å². The van der Waals surface area contributed by atoms with E-state index in [1.54, 1.807) is 0 Å². The molecule has 0 saturated carbocycles. The number of pyridine rings is 1. The number of nitrogens with zero attached hydrogens (tertiary/aromatic N) is 2.